The lowest BCUT2D eigenvalue weighted by Gasteiger charge is -2.01. The van der Waals surface area contributed by atoms with E-state index < -0.39 is 0 Å². The van der Waals surface area contributed by atoms with Crippen LogP contribution in [0.4, 0.5) is 5.95 Å². The van der Waals surface area contributed by atoms with E-state index >= 15 is 0 Å². The maximum Gasteiger partial charge on any atom is 0.280 e. The average Bonchev–Trinajstić information content (AvgIpc) is 2.28. The van der Waals surface area contributed by atoms with Gasteiger partial charge in [0, 0.05) is 18.1 Å². The smallest absolute Gasteiger partial charge is 0.280 e. The number of fused-ring (bicyclic) bond motifs is 1. The van der Waals surface area contributed by atoms with Crippen LogP contribution in [0.5, 0.6) is 0 Å². The predicted molar refractivity (Wildman–Crippen MR) is 67.6 cm³/mol. The second-order valence-corrected chi connectivity index (χ2v) is 4.43. The molecule has 0 amide bonds. The van der Waals surface area contributed by atoms with Crippen molar-refractivity contribution in [3.05, 3.63) is 22.2 Å². The van der Waals surface area contributed by atoms with Crippen molar-refractivity contribution in [2.24, 2.45) is 5.73 Å². The second-order valence-electron chi connectivity index (χ2n) is 3.33. The first-order valence-corrected chi connectivity index (χ1v) is 6.15. The molecule has 0 unspecified atom stereocenters. The Labute approximate surface area is 101 Å². The van der Waals surface area contributed by atoms with Crippen LogP contribution in [-0.4, -0.2) is 32.2 Å². The van der Waals surface area contributed by atoms with Crippen molar-refractivity contribution in [1.82, 2.24) is 19.9 Å². The van der Waals surface area contributed by atoms with E-state index in [1.54, 1.807) is 18.0 Å². The van der Waals surface area contributed by atoms with Crippen LogP contribution >= 0.6 is 11.8 Å². The van der Waals surface area contributed by atoms with Gasteiger partial charge in [-0.25, -0.2) is 9.97 Å². The normalized spacial score (nSPS) is 10.9. The first-order valence-electron chi connectivity index (χ1n) is 5.00. The zero-order chi connectivity index (χ0) is 12.3. The monoisotopic (exact) mass is 252 g/mol. The van der Waals surface area contributed by atoms with Crippen LogP contribution in [-0.2, 0) is 5.75 Å². The molecular weight excluding hydrogens is 240 g/mol. The van der Waals surface area contributed by atoms with Gasteiger partial charge in [0.25, 0.3) is 5.56 Å². The fourth-order valence-electron chi connectivity index (χ4n) is 1.30. The molecule has 0 spiro atoms. The van der Waals surface area contributed by atoms with E-state index in [-0.39, 0.29) is 22.7 Å². The van der Waals surface area contributed by atoms with Crippen LogP contribution in [0.2, 0.25) is 0 Å². The van der Waals surface area contributed by atoms with Gasteiger partial charge >= 0.3 is 0 Å². The van der Waals surface area contributed by atoms with Crippen LogP contribution in [0.1, 0.15) is 5.69 Å². The van der Waals surface area contributed by atoms with Crippen molar-refractivity contribution >= 4 is 28.9 Å². The van der Waals surface area contributed by atoms with E-state index in [4.69, 9.17) is 11.5 Å². The van der Waals surface area contributed by atoms with Gasteiger partial charge in [-0.05, 0) is 0 Å². The molecule has 0 aliphatic heterocycles. The molecule has 8 heteroatoms. The molecule has 0 saturated carbocycles. The summed E-state index contributed by atoms with van der Waals surface area (Å²) in [7, 11) is 0. The number of nitrogens with zero attached hydrogens (tertiary/aromatic N) is 3. The second kappa shape index (κ2) is 5.11. The molecule has 0 aliphatic rings. The Bertz CT molecular complexity index is 583. The third-order valence-corrected chi connectivity index (χ3v) is 3.02. The SMILES string of the molecule is NCCSCc1cnc2c(=O)[nH]c(N)nc2n1. The van der Waals surface area contributed by atoms with Gasteiger partial charge in [0.15, 0.2) is 11.2 Å². The number of thioether (sulfide) groups is 1. The lowest BCUT2D eigenvalue weighted by atomic mass is 10.4. The summed E-state index contributed by atoms with van der Waals surface area (Å²) in [5, 5.41) is 0. The van der Waals surface area contributed by atoms with E-state index in [0.717, 1.165) is 11.4 Å². The number of H-pyrrole nitrogens is 1. The van der Waals surface area contributed by atoms with E-state index in [9.17, 15) is 4.79 Å². The molecule has 0 saturated heterocycles. The lowest BCUT2D eigenvalue weighted by molar-refractivity contribution is 1.08. The van der Waals surface area contributed by atoms with Gasteiger partial charge in [-0.2, -0.15) is 16.7 Å². The summed E-state index contributed by atoms with van der Waals surface area (Å²) in [5.74, 6) is 1.59. The standard InChI is InChI=1S/C9H12N6OS/c10-1-2-17-4-5-3-12-6-7(13-5)14-9(11)15-8(6)16/h3H,1-2,4,10H2,(H3,11,13,14,15,16). The van der Waals surface area contributed by atoms with Gasteiger partial charge in [0.1, 0.15) is 0 Å². The van der Waals surface area contributed by atoms with Crippen molar-refractivity contribution < 1.29 is 0 Å². The van der Waals surface area contributed by atoms with Crippen LogP contribution in [0, 0.1) is 0 Å². The molecule has 2 aromatic heterocycles. The van der Waals surface area contributed by atoms with Crippen LogP contribution in [0.15, 0.2) is 11.0 Å². The van der Waals surface area contributed by atoms with Crippen molar-refractivity contribution in [1.29, 1.82) is 0 Å². The van der Waals surface area contributed by atoms with Crippen LogP contribution in [0.3, 0.4) is 0 Å². The highest BCUT2D eigenvalue weighted by atomic mass is 32.2. The highest BCUT2D eigenvalue weighted by molar-refractivity contribution is 7.98. The summed E-state index contributed by atoms with van der Waals surface area (Å²) in [6.45, 7) is 0.622. The Kier molecular flexibility index (Phi) is 3.55. The number of hydrogen-bond donors (Lipinski definition) is 3. The van der Waals surface area contributed by atoms with Gasteiger partial charge in [-0.3, -0.25) is 9.78 Å². The highest BCUT2D eigenvalue weighted by Crippen LogP contribution is 2.10. The number of nitrogens with one attached hydrogen (secondary N) is 1. The first-order chi connectivity index (χ1) is 8.20. The number of nitrogen functional groups attached to an aromatic ring is 1. The largest absolute Gasteiger partial charge is 0.369 e. The third kappa shape index (κ3) is 2.71. The molecule has 17 heavy (non-hydrogen) atoms. The minimum Gasteiger partial charge on any atom is -0.369 e. The molecule has 90 valence electrons. The fourth-order valence-corrected chi connectivity index (χ4v) is 1.96. The molecule has 0 aromatic carbocycles. The Morgan fingerprint density at radius 1 is 1.41 bits per heavy atom. The average molecular weight is 252 g/mol. The molecule has 5 N–H and O–H groups in total. The summed E-state index contributed by atoms with van der Waals surface area (Å²) >= 11 is 1.65. The Balaban J connectivity index is 2.33. The minimum absolute atomic E-state index is 0.0450. The maximum atomic E-state index is 11.5. The van der Waals surface area contributed by atoms with Gasteiger partial charge in [0.05, 0.1) is 11.9 Å². The molecule has 0 bridgehead atoms. The fraction of sp³-hybridized carbons (Fsp3) is 0.333. The topological polar surface area (TPSA) is 124 Å². The summed E-state index contributed by atoms with van der Waals surface area (Å²) in [5.41, 5.74) is 11.7. The van der Waals surface area contributed by atoms with Crippen molar-refractivity contribution in [2.45, 2.75) is 5.75 Å². The third-order valence-electron chi connectivity index (χ3n) is 2.00. The summed E-state index contributed by atoms with van der Waals surface area (Å²) in [4.78, 5) is 26.0. The highest BCUT2D eigenvalue weighted by Gasteiger charge is 2.06. The van der Waals surface area contributed by atoms with Gasteiger partial charge in [-0.15, -0.1) is 0 Å². The number of aromatic nitrogens is 4. The Hall–Kier alpha value is -1.67. The zero-order valence-corrected chi connectivity index (χ0v) is 9.83. The molecule has 0 atom stereocenters. The number of nitrogens with two attached hydrogens (primary N) is 2. The Morgan fingerprint density at radius 3 is 3.00 bits per heavy atom. The van der Waals surface area contributed by atoms with Gasteiger partial charge in [0.2, 0.25) is 5.95 Å². The number of anilines is 1. The number of aromatic amines is 1. The molecule has 2 aromatic rings. The Morgan fingerprint density at radius 2 is 2.24 bits per heavy atom. The predicted octanol–water partition coefficient (Wildman–Crippen LogP) is -0.513. The number of rotatable bonds is 4. The van der Waals surface area contributed by atoms with Crippen LogP contribution in [0.25, 0.3) is 11.2 Å². The maximum absolute atomic E-state index is 11.5. The van der Waals surface area contributed by atoms with E-state index in [0.29, 0.717) is 12.3 Å². The molecule has 2 heterocycles. The van der Waals surface area contributed by atoms with Gasteiger partial charge < -0.3 is 11.5 Å². The minimum atomic E-state index is -0.374. The van der Waals surface area contributed by atoms with Crippen molar-refractivity contribution in [3.8, 4) is 0 Å². The molecule has 0 radical (unpaired) electrons. The molecule has 0 fully saturated rings. The summed E-state index contributed by atoms with van der Waals surface area (Å²) < 4.78 is 0. The molecular formula is C9H12N6OS. The zero-order valence-electron chi connectivity index (χ0n) is 9.01. The van der Waals surface area contributed by atoms with Gasteiger partial charge in [-0.1, -0.05) is 0 Å². The van der Waals surface area contributed by atoms with E-state index in [1.165, 1.54) is 0 Å². The molecule has 7 nitrogen and oxygen atoms in total. The van der Waals surface area contributed by atoms with E-state index in [2.05, 4.69) is 19.9 Å². The van der Waals surface area contributed by atoms with E-state index in [1.807, 2.05) is 0 Å². The quantitative estimate of drug-likeness (QED) is 0.626. The summed E-state index contributed by atoms with van der Waals surface area (Å²) in [6.07, 6.45) is 1.57. The van der Waals surface area contributed by atoms with Crippen LogP contribution < -0.4 is 17.0 Å². The molecule has 2 rings (SSSR count). The van der Waals surface area contributed by atoms with Crippen molar-refractivity contribution in [3.63, 3.8) is 0 Å². The first kappa shape index (κ1) is 11.8. The summed E-state index contributed by atoms with van der Waals surface area (Å²) in [6, 6.07) is 0. The lowest BCUT2D eigenvalue weighted by Crippen LogP contribution is -2.13. The molecule has 0 aliphatic carbocycles. The number of hydrogen-bond acceptors (Lipinski definition) is 7. The van der Waals surface area contributed by atoms with Crippen molar-refractivity contribution in [2.75, 3.05) is 18.0 Å².